The van der Waals surface area contributed by atoms with E-state index in [0.717, 1.165) is 43.6 Å². The summed E-state index contributed by atoms with van der Waals surface area (Å²) in [6.45, 7) is 0.874. The first kappa shape index (κ1) is 10.6. The van der Waals surface area contributed by atoms with Crippen LogP contribution in [0.25, 0.3) is 0 Å². The summed E-state index contributed by atoms with van der Waals surface area (Å²) in [5, 5.41) is 3.09. The number of nitrogens with one attached hydrogen (secondary N) is 1. The molecule has 0 spiro atoms. The summed E-state index contributed by atoms with van der Waals surface area (Å²) in [5.74, 6) is 2.69. The highest BCUT2D eigenvalue weighted by Gasteiger charge is 2.42. The van der Waals surface area contributed by atoms with Crippen molar-refractivity contribution in [3.8, 4) is 0 Å². The number of carbonyl (C=O) groups is 1. The Morgan fingerprint density at radius 1 is 1.31 bits per heavy atom. The van der Waals surface area contributed by atoms with Crippen LogP contribution in [0.15, 0.2) is 0 Å². The summed E-state index contributed by atoms with van der Waals surface area (Å²) in [7, 11) is 0. The van der Waals surface area contributed by atoms with E-state index in [1.807, 2.05) is 0 Å². The van der Waals surface area contributed by atoms with E-state index in [-0.39, 0.29) is 5.91 Å². The van der Waals surface area contributed by atoms with Crippen LogP contribution in [0.2, 0.25) is 0 Å². The van der Waals surface area contributed by atoms with Crippen LogP contribution >= 0.6 is 0 Å². The van der Waals surface area contributed by atoms with E-state index in [1.54, 1.807) is 0 Å². The molecule has 3 aliphatic rings. The third kappa shape index (κ3) is 1.65. The van der Waals surface area contributed by atoms with Gasteiger partial charge in [-0.15, -0.1) is 0 Å². The van der Waals surface area contributed by atoms with Crippen LogP contribution in [-0.4, -0.2) is 18.0 Å². The van der Waals surface area contributed by atoms with Gasteiger partial charge in [-0.1, -0.05) is 6.42 Å². The first-order chi connectivity index (χ1) is 7.67. The minimum atomic E-state index is -0.516. The molecule has 0 aromatic carbocycles. The summed E-state index contributed by atoms with van der Waals surface area (Å²) in [6.07, 6.45) is 8.41. The number of rotatable bonds is 3. The van der Waals surface area contributed by atoms with Gasteiger partial charge < -0.3 is 11.1 Å². The zero-order valence-electron chi connectivity index (χ0n) is 9.87. The fourth-order valence-corrected chi connectivity index (χ4v) is 3.81. The van der Waals surface area contributed by atoms with Crippen LogP contribution in [0.5, 0.6) is 0 Å². The predicted octanol–water partition coefficient (Wildman–Crippen LogP) is 1.42. The van der Waals surface area contributed by atoms with Crippen molar-refractivity contribution in [2.45, 2.75) is 50.5 Å². The molecule has 1 amide bonds. The second-order valence-corrected chi connectivity index (χ2v) is 6.15. The normalized spacial score (nSPS) is 39.4. The van der Waals surface area contributed by atoms with Crippen LogP contribution in [0.1, 0.15) is 44.9 Å². The fraction of sp³-hybridized carbons (Fsp3) is 0.923. The molecular weight excluding hydrogens is 200 g/mol. The van der Waals surface area contributed by atoms with Crippen molar-refractivity contribution in [1.29, 1.82) is 0 Å². The second-order valence-electron chi connectivity index (χ2n) is 6.15. The average Bonchev–Trinajstić information content (AvgIpc) is 2.83. The van der Waals surface area contributed by atoms with Crippen LogP contribution in [0, 0.1) is 17.8 Å². The standard InChI is InChI=1S/C13H22N2O/c14-13(4-1-5-13)12(16)15-8-11-7-9-2-3-10(11)6-9/h9-11H,1-8,14H2,(H,15,16). The van der Waals surface area contributed by atoms with Crippen molar-refractivity contribution in [2.75, 3.05) is 6.54 Å². The predicted molar refractivity (Wildman–Crippen MR) is 62.7 cm³/mol. The van der Waals surface area contributed by atoms with E-state index >= 15 is 0 Å². The van der Waals surface area contributed by atoms with Crippen LogP contribution in [-0.2, 0) is 4.79 Å². The smallest absolute Gasteiger partial charge is 0.240 e. The highest BCUT2D eigenvalue weighted by atomic mass is 16.2. The molecule has 3 saturated carbocycles. The van der Waals surface area contributed by atoms with Crippen LogP contribution in [0.3, 0.4) is 0 Å². The monoisotopic (exact) mass is 222 g/mol. The molecule has 16 heavy (non-hydrogen) atoms. The number of amides is 1. The van der Waals surface area contributed by atoms with Gasteiger partial charge in [0.15, 0.2) is 0 Å². The maximum absolute atomic E-state index is 11.9. The molecule has 0 radical (unpaired) electrons. The lowest BCUT2D eigenvalue weighted by Gasteiger charge is -2.36. The third-order valence-electron chi connectivity index (χ3n) is 5.11. The van der Waals surface area contributed by atoms with Gasteiger partial charge in [-0.05, 0) is 56.3 Å². The Hall–Kier alpha value is -0.570. The molecule has 3 fully saturated rings. The molecule has 3 N–H and O–H groups in total. The van der Waals surface area contributed by atoms with Gasteiger partial charge in [-0.2, -0.15) is 0 Å². The Balaban J connectivity index is 1.48. The lowest BCUT2D eigenvalue weighted by atomic mass is 9.77. The first-order valence-corrected chi connectivity index (χ1v) is 6.74. The van der Waals surface area contributed by atoms with Crippen LogP contribution < -0.4 is 11.1 Å². The van der Waals surface area contributed by atoms with E-state index < -0.39 is 5.54 Å². The quantitative estimate of drug-likeness (QED) is 0.759. The second kappa shape index (κ2) is 3.73. The summed E-state index contributed by atoms with van der Waals surface area (Å²) in [6, 6.07) is 0. The van der Waals surface area contributed by atoms with Crippen molar-refractivity contribution < 1.29 is 4.79 Å². The van der Waals surface area contributed by atoms with E-state index in [0.29, 0.717) is 0 Å². The number of nitrogens with two attached hydrogens (primary N) is 1. The van der Waals surface area contributed by atoms with E-state index in [2.05, 4.69) is 5.32 Å². The number of hydrogen-bond donors (Lipinski definition) is 2. The number of hydrogen-bond acceptors (Lipinski definition) is 2. The molecule has 0 aromatic rings. The molecule has 3 rings (SSSR count). The van der Waals surface area contributed by atoms with Crippen molar-refractivity contribution in [3.05, 3.63) is 0 Å². The molecule has 3 unspecified atom stereocenters. The van der Waals surface area contributed by atoms with Crippen LogP contribution in [0.4, 0.5) is 0 Å². The maximum Gasteiger partial charge on any atom is 0.240 e. The molecule has 3 aliphatic carbocycles. The topological polar surface area (TPSA) is 55.1 Å². The number of fused-ring (bicyclic) bond motifs is 2. The summed E-state index contributed by atoms with van der Waals surface area (Å²) < 4.78 is 0. The summed E-state index contributed by atoms with van der Waals surface area (Å²) in [5.41, 5.74) is 5.48. The maximum atomic E-state index is 11.9. The lowest BCUT2D eigenvalue weighted by molar-refractivity contribution is -0.129. The minimum absolute atomic E-state index is 0.0986. The van der Waals surface area contributed by atoms with Crippen molar-refractivity contribution in [1.82, 2.24) is 5.32 Å². The summed E-state index contributed by atoms with van der Waals surface area (Å²) in [4.78, 5) is 11.9. The Morgan fingerprint density at radius 2 is 2.12 bits per heavy atom. The Morgan fingerprint density at radius 3 is 2.62 bits per heavy atom. The molecule has 0 aliphatic heterocycles. The zero-order valence-corrected chi connectivity index (χ0v) is 9.87. The van der Waals surface area contributed by atoms with Gasteiger partial charge in [0, 0.05) is 6.54 Å². The molecule has 3 heteroatoms. The first-order valence-electron chi connectivity index (χ1n) is 6.74. The highest BCUT2D eigenvalue weighted by molar-refractivity contribution is 5.86. The van der Waals surface area contributed by atoms with Crippen molar-refractivity contribution in [3.63, 3.8) is 0 Å². The molecule has 0 saturated heterocycles. The Bertz CT molecular complexity index is 298. The number of carbonyl (C=O) groups excluding carboxylic acids is 1. The minimum Gasteiger partial charge on any atom is -0.354 e. The molecule has 0 heterocycles. The van der Waals surface area contributed by atoms with E-state index in [1.165, 1.54) is 25.7 Å². The lowest BCUT2D eigenvalue weighted by Crippen LogP contribution is -2.59. The zero-order chi connectivity index (χ0) is 11.2. The highest BCUT2D eigenvalue weighted by Crippen LogP contribution is 2.48. The van der Waals surface area contributed by atoms with Gasteiger partial charge in [0.2, 0.25) is 5.91 Å². The largest absolute Gasteiger partial charge is 0.354 e. The van der Waals surface area contributed by atoms with Crippen molar-refractivity contribution in [2.24, 2.45) is 23.5 Å². The van der Waals surface area contributed by atoms with E-state index in [9.17, 15) is 4.79 Å². The van der Waals surface area contributed by atoms with Gasteiger partial charge in [-0.3, -0.25) is 4.79 Å². The molecular formula is C13H22N2O. The van der Waals surface area contributed by atoms with Gasteiger partial charge in [0.1, 0.15) is 0 Å². The molecule has 0 aromatic heterocycles. The Kier molecular flexibility index (Phi) is 2.46. The van der Waals surface area contributed by atoms with E-state index in [4.69, 9.17) is 5.73 Å². The SMILES string of the molecule is NC1(C(=O)NCC2CC3CCC2C3)CCC1. The molecule has 3 atom stereocenters. The molecule has 3 nitrogen and oxygen atoms in total. The summed E-state index contributed by atoms with van der Waals surface area (Å²) >= 11 is 0. The van der Waals surface area contributed by atoms with Gasteiger partial charge in [-0.25, -0.2) is 0 Å². The average molecular weight is 222 g/mol. The van der Waals surface area contributed by atoms with Gasteiger partial charge >= 0.3 is 0 Å². The molecule has 90 valence electrons. The Labute approximate surface area is 97.2 Å². The molecule has 2 bridgehead atoms. The fourth-order valence-electron chi connectivity index (χ4n) is 3.81. The van der Waals surface area contributed by atoms with Crippen molar-refractivity contribution >= 4 is 5.91 Å². The van der Waals surface area contributed by atoms with Gasteiger partial charge in [0.25, 0.3) is 0 Å². The third-order valence-corrected chi connectivity index (χ3v) is 5.11. The van der Waals surface area contributed by atoms with Gasteiger partial charge in [0.05, 0.1) is 5.54 Å².